The van der Waals surface area contributed by atoms with E-state index in [1.165, 1.54) is 12.1 Å². The van der Waals surface area contributed by atoms with Gasteiger partial charge in [0.15, 0.2) is 0 Å². The van der Waals surface area contributed by atoms with Gasteiger partial charge in [-0.3, -0.25) is 0 Å². The van der Waals surface area contributed by atoms with Crippen molar-refractivity contribution in [1.29, 1.82) is 0 Å². The van der Waals surface area contributed by atoms with Crippen molar-refractivity contribution in [3.05, 3.63) is 58.7 Å². The molecule has 0 radical (unpaired) electrons. The molecule has 0 aliphatic rings. The molecule has 5 heteroatoms. The Morgan fingerprint density at radius 2 is 1.62 bits per heavy atom. The number of carbonyl (C=O) groups is 2. The van der Waals surface area contributed by atoms with Crippen LogP contribution in [0.15, 0.2) is 36.4 Å². The summed E-state index contributed by atoms with van der Waals surface area (Å²) < 4.78 is 0. The number of nitrogens with two attached hydrogens (primary N) is 1. The molecular weight excluding hydrogens is 270 g/mol. The van der Waals surface area contributed by atoms with Gasteiger partial charge in [-0.15, -0.1) is 0 Å². The van der Waals surface area contributed by atoms with E-state index in [1.807, 2.05) is 0 Å². The number of aryl methyl sites for hydroxylation is 1. The lowest BCUT2D eigenvalue weighted by Crippen LogP contribution is -2.08. The van der Waals surface area contributed by atoms with Gasteiger partial charge in [0, 0.05) is 12.1 Å². The Bertz CT molecular complexity index is 687. The molecule has 2 rings (SSSR count). The fraction of sp³-hybridized carbons (Fsp3) is 0.125. The van der Waals surface area contributed by atoms with Crippen LogP contribution in [0, 0.1) is 6.92 Å². The van der Waals surface area contributed by atoms with Crippen molar-refractivity contribution < 1.29 is 19.8 Å². The maximum absolute atomic E-state index is 11.5. The van der Waals surface area contributed by atoms with Crippen molar-refractivity contribution in [2.24, 2.45) is 5.73 Å². The third kappa shape index (κ3) is 2.93. The van der Waals surface area contributed by atoms with Crippen molar-refractivity contribution in [3.63, 3.8) is 0 Å². The number of hydrogen-bond acceptors (Lipinski definition) is 3. The molecule has 0 saturated heterocycles. The molecule has 0 aliphatic carbocycles. The summed E-state index contributed by atoms with van der Waals surface area (Å²) in [5.41, 5.74) is 7.66. The Kier molecular flexibility index (Phi) is 4.05. The molecule has 4 N–H and O–H groups in total. The van der Waals surface area contributed by atoms with Gasteiger partial charge in [0.1, 0.15) is 0 Å². The Hall–Kier alpha value is -2.66. The first-order valence-corrected chi connectivity index (χ1v) is 6.34. The van der Waals surface area contributed by atoms with Crippen LogP contribution in [0.4, 0.5) is 0 Å². The molecule has 0 saturated carbocycles. The number of benzene rings is 2. The molecule has 0 atom stereocenters. The summed E-state index contributed by atoms with van der Waals surface area (Å²) in [6, 6.07) is 9.87. The lowest BCUT2D eigenvalue weighted by atomic mass is 9.91. The molecule has 0 aliphatic heterocycles. The van der Waals surface area contributed by atoms with Crippen molar-refractivity contribution in [1.82, 2.24) is 0 Å². The van der Waals surface area contributed by atoms with E-state index in [-0.39, 0.29) is 16.7 Å². The van der Waals surface area contributed by atoms with Crippen LogP contribution in [0.1, 0.15) is 31.8 Å². The third-order valence-electron chi connectivity index (χ3n) is 3.19. The van der Waals surface area contributed by atoms with E-state index in [0.717, 1.165) is 5.56 Å². The van der Waals surface area contributed by atoms with Gasteiger partial charge in [-0.1, -0.05) is 18.2 Å². The predicted octanol–water partition coefficient (Wildman–Crippen LogP) is 2.52. The Labute approximate surface area is 121 Å². The van der Waals surface area contributed by atoms with Gasteiger partial charge >= 0.3 is 11.9 Å². The predicted molar refractivity (Wildman–Crippen MR) is 78.4 cm³/mol. The third-order valence-corrected chi connectivity index (χ3v) is 3.19. The minimum atomic E-state index is -1.16. The molecular formula is C16H15NO4. The number of hydrogen-bond donors (Lipinski definition) is 3. The average Bonchev–Trinajstić information content (AvgIpc) is 2.46. The van der Waals surface area contributed by atoms with Crippen molar-refractivity contribution in [2.75, 3.05) is 0 Å². The highest BCUT2D eigenvalue weighted by atomic mass is 16.4. The van der Waals surface area contributed by atoms with Gasteiger partial charge in [0.2, 0.25) is 0 Å². The molecule has 0 aromatic heterocycles. The molecule has 0 amide bonds. The molecule has 108 valence electrons. The van der Waals surface area contributed by atoms with E-state index in [0.29, 0.717) is 17.7 Å². The van der Waals surface area contributed by atoms with E-state index >= 15 is 0 Å². The quantitative estimate of drug-likeness (QED) is 0.801. The van der Waals surface area contributed by atoms with Crippen LogP contribution in [-0.2, 0) is 6.54 Å². The molecule has 0 unspecified atom stereocenters. The summed E-state index contributed by atoms with van der Waals surface area (Å²) in [4.78, 5) is 22.9. The zero-order chi connectivity index (χ0) is 15.6. The fourth-order valence-electron chi connectivity index (χ4n) is 2.29. The minimum Gasteiger partial charge on any atom is -0.478 e. The van der Waals surface area contributed by atoms with Gasteiger partial charge in [-0.25, -0.2) is 9.59 Å². The highest BCUT2D eigenvalue weighted by Gasteiger charge is 2.20. The number of carboxylic acid groups (broad SMARTS) is 2. The monoisotopic (exact) mass is 285 g/mol. The van der Waals surface area contributed by atoms with Crippen LogP contribution in [0.5, 0.6) is 0 Å². The van der Waals surface area contributed by atoms with Crippen LogP contribution in [-0.4, -0.2) is 22.2 Å². The number of rotatable bonds is 4. The van der Waals surface area contributed by atoms with Crippen molar-refractivity contribution in [2.45, 2.75) is 13.5 Å². The first kappa shape index (κ1) is 14.7. The van der Waals surface area contributed by atoms with Gasteiger partial charge < -0.3 is 15.9 Å². The van der Waals surface area contributed by atoms with Crippen LogP contribution in [0.2, 0.25) is 0 Å². The van der Waals surface area contributed by atoms with E-state index in [1.54, 1.807) is 31.2 Å². The Morgan fingerprint density at radius 1 is 1.05 bits per heavy atom. The molecule has 2 aromatic carbocycles. The number of carboxylic acids is 2. The van der Waals surface area contributed by atoms with Gasteiger partial charge in [-0.2, -0.15) is 0 Å². The van der Waals surface area contributed by atoms with Crippen LogP contribution in [0.25, 0.3) is 11.1 Å². The molecule has 2 aromatic rings. The average molecular weight is 285 g/mol. The van der Waals surface area contributed by atoms with Gasteiger partial charge in [-0.05, 0) is 41.8 Å². The van der Waals surface area contributed by atoms with E-state index < -0.39 is 11.9 Å². The van der Waals surface area contributed by atoms with Crippen LogP contribution in [0.3, 0.4) is 0 Å². The molecule has 0 heterocycles. The molecule has 0 fully saturated rings. The van der Waals surface area contributed by atoms with E-state index in [4.69, 9.17) is 5.73 Å². The topological polar surface area (TPSA) is 101 Å². The summed E-state index contributed by atoms with van der Waals surface area (Å²) in [6.07, 6.45) is 0. The van der Waals surface area contributed by atoms with Gasteiger partial charge in [0.25, 0.3) is 0 Å². The zero-order valence-corrected chi connectivity index (χ0v) is 11.5. The second kappa shape index (κ2) is 5.76. The molecule has 21 heavy (non-hydrogen) atoms. The highest BCUT2D eigenvalue weighted by Crippen LogP contribution is 2.30. The normalized spacial score (nSPS) is 10.4. The van der Waals surface area contributed by atoms with E-state index in [9.17, 15) is 19.8 Å². The largest absolute Gasteiger partial charge is 0.478 e. The molecule has 0 spiro atoms. The fourth-order valence-corrected chi connectivity index (χ4v) is 2.29. The maximum atomic E-state index is 11.5. The first-order valence-electron chi connectivity index (χ1n) is 6.34. The standard InChI is InChI=1S/C16H15NO4/c1-9-5-12(15(18)19)14(13(6-9)16(20)21)11-4-2-3-10(7-11)8-17/h2-7H,8,17H2,1H3,(H,18,19)(H,20,21). The summed E-state index contributed by atoms with van der Waals surface area (Å²) in [6.45, 7) is 1.96. The Morgan fingerprint density at radius 3 is 2.10 bits per heavy atom. The Balaban J connectivity index is 2.81. The lowest BCUT2D eigenvalue weighted by Gasteiger charge is -2.12. The SMILES string of the molecule is Cc1cc(C(=O)O)c(-c2cccc(CN)c2)c(C(=O)O)c1. The second-order valence-electron chi connectivity index (χ2n) is 4.75. The van der Waals surface area contributed by atoms with Crippen LogP contribution >= 0.6 is 0 Å². The van der Waals surface area contributed by atoms with Crippen LogP contribution < -0.4 is 5.73 Å². The lowest BCUT2D eigenvalue weighted by molar-refractivity contribution is 0.0696. The minimum absolute atomic E-state index is 0.0263. The first-order chi connectivity index (χ1) is 9.93. The number of aromatic carboxylic acids is 2. The summed E-state index contributed by atoms with van der Waals surface area (Å²) in [5.74, 6) is -2.32. The summed E-state index contributed by atoms with van der Waals surface area (Å²) >= 11 is 0. The van der Waals surface area contributed by atoms with E-state index in [2.05, 4.69) is 0 Å². The molecule has 0 bridgehead atoms. The maximum Gasteiger partial charge on any atom is 0.336 e. The highest BCUT2D eigenvalue weighted by molar-refractivity contribution is 6.05. The molecule has 5 nitrogen and oxygen atoms in total. The zero-order valence-electron chi connectivity index (χ0n) is 11.5. The van der Waals surface area contributed by atoms with Gasteiger partial charge in [0.05, 0.1) is 11.1 Å². The summed E-state index contributed by atoms with van der Waals surface area (Å²) in [7, 11) is 0. The van der Waals surface area contributed by atoms with Crippen molar-refractivity contribution >= 4 is 11.9 Å². The second-order valence-corrected chi connectivity index (χ2v) is 4.75. The summed E-state index contributed by atoms with van der Waals surface area (Å²) in [5, 5.41) is 18.7. The smallest absolute Gasteiger partial charge is 0.336 e. The van der Waals surface area contributed by atoms with Crippen molar-refractivity contribution in [3.8, 4) is 11.1 Å².